The van der Waals surface area contributed by atoms with Crippen molar-refractivity contribution < 1.29 is 4.79 Å². The van der Waals surface area contributed by atoms with Crippen molar-refractivity contribution in [3.8, 4) is 0 Å². The first-order valence-corrected chi connectivity index (χ1v) is 7.76. The van der Waals surface area contributed by atoms with Gasteiger partial charge >= 0.3 is 0 Å². The van der Waals surface area contributed by atoms with Crippen LogP contribution in [-0.2, 0) is 16.9 Å². The Morgan fingerprint density at radius 2 is 2.33 bits per heavy atom. The minimum atomic E-state index is -0.729. The standard InChI is InChI=1S/C14H17N5OS/c1-15-13(20)14(12-8-16-4-5-18-12)3-2-6-19(14)9-11-7-17-10-21-11/h4-5,7-8,10H,2-3,6,9H2,1H3,(H,15,20). The average Bonchev–Trinajstić information content (AvgIpc) is 3.18. The van der Waals surface area contributed by atoms with E-state index in [4.69, 9.17) is 0 Å². The first-order chi connectivity index (χ1) is 10.3. The van der Waals surface area contributed by atoms with Crippen molar-refractivity contribution in [3.63, 3.8) is 0 Å². The highest BCUT2D eigenvalue weighted by atomic mass is 32.1. The molecule has 2 aromatic heterocycles. The number of thiazole rings is 1. The van der Waals surface area contributed by atoms with Gasteiger partial charge in [-0.25, -0.2) is 0 Å². The zero-order valence-electron chi connectivity index (χ0n) is 11.8. The maximum Gasteiger partial charge on any atom is 0.246 e. The van der Waals surface area contributed by atoms with Crippen LogP contribution in [0.4, 0.5) is 0 Å². The summed E-state index contributed by atoms with van der Waals surface area (Å²) in [6.07, 6.45) is 8.54. The predicted octanol–water partition coefficient (Wildman–Crippen LogP) is 1.17. The first-order valence-electron chi connectivity index (χ1n) is 6.88. The minimum absolute atomic E-state index is 0.0231. The van der Waals surface area contributed by atoms with E-state index in [2.05, 4.69) is 25.2 Å². The zero-order chi connectivity index (χ0) is 14.7. The van der Waals surface area contributed by atoms with Crippen LogP contribution >= 0.6 is 11.3 Å². The van der Waals surface area contributed by atoms with Gasteiger partial charge in [-0.15, -0.1) is 11.3 Å². The van der Waals surface area contributed by atoms with Crippen LogP contribution in [0.2, 0.25) is 0 Å². The molecule has 7 heteroatoms. The molecule has 1 N–H and O–H groups in total. The molecule has 2 aromatic rings. The maximum absolute atomic E-state index is 12.6. The highest BCUT2D eigenvalue weighted by molar-refractivity contribution is 7.09. The van der Waals surface area contributed by atoms with Crippen molar-refractivity contribution >= 4 is 17.2 Å². The number of amides is 1. The number of nitrogens with zero attached hydrogens (tertiary/aromatic N) is 4. The van der Waals surface area contributed by atoms with Gasteiger partial charge < -0.3 is 5.32 Å². The van der Waals surface area contributed by atoms with Crippen LogP contribution in [0.5, 0.6) is 0 Å². The lowest BCUT2D eigenvalue weighted by atomic mass is 9.90. The van der Waals surface area contributed by atoms with Crippen molar-refractivity contribution in [2.75, 3.05) is 13.6 Å². The van der Waals surface area contributed by atoms with Crippen molar-refractivity contribution in [2.24, 2.45) is 0 Å². The quantitative estimate of drug-likeness (QED) is 0.918. The molecule has 3 rings (SSSR count). The smallest absolute Gasteiger partial charge is 0.246 e. The summed E-state index contributed by atoms with van der Waals surface area (Å²) in [5.74, 6) is -0.0231. The summed E-state index contributed by atoms with van der Waals surface area (Å²) in [6.45, 7) is 1.57. The van der Waals surface area contributed by atoms with Gasteiger partial charge in [-0.2, -0.15) is 0 Å². The molecular formula is C14H17N5OS. The number of likely N-dealkylation sites (tertiary alicyclic amines) is 1. The van der Waals surface area contributed by atoms with Crippen LogP contribution in [0.1, 0.15) is 23.4 Å². The second-order valence-electron chi connectivity index (χ2n) is 5.02. The lowest BCUT2D eigenvalue weighted by Crippen LogP contribution is -2.52. The van der Waals surface area contributed by atoms with Gasteiger partial charge in [0.1, 0.15) is 5.54 Å². The molecule has 0 aromatic carbocycles. The second kappa shape index (κ2) is 5.87. The number of likely N-dealkylation sites (N-methyl/N-ethyl adjacent to an activating group) is 1. The Morgan fingerprint density at radius 1 is 1.43 bits per heavy atom. The molecule has 1 atom stereocenters. The summed E-state index contributed by atoms with van der Waals surface area (Å²) >= 11 is 1.60. The Balaban J connectivity index is 2.00. The fourth-order valence-corrected chi connectivity index (χ4v) is 3.59. The molecule has 1 unspecified atom stereocenters. The number of nitrogens with one attached hydrogen (secondary N) is 1. The lowest BCUT2D eigenvalue weighted by molar-refractivity contribution is -0.132. The molecule has 1 aliphatic rings. The predicted molar refractivity (Wildman–Crippen MR) is 79.5 cm³/mol. The summed E-state index contributed by atoms with van der Waals surface area (Å²) in [6, 6.07) is 0. The van der Waals surface area contributed by atoms with Crippen LogP contribution in [0.3, 0.4) is 0 Å². The molecule has 0 radical (unpaired) electrons. The highest BCUT2D eigenvalue weighted by Crippen LogP contribution is 2.39. The Hall–Kier alpha value is -1.86. The van der Waals surface area contributed by atoms with E-state index in [1.807, 2.05) is 11.7 Å². The molecule has 21 heavy (non-hydrogen) atoms. The van der Waals surface area contributed by atoms with E-state index in [1.54, 1.807) is 37.0 Å². The molecule has 1 aliphatic heterocycles. The van der Waals surface area contributed by atoms with Crippen LogP contribution in [0, 0.1) is 0 Å². The van der Waals surface area contributed by atoms with Gasteiger partial charge in [-0.1, -0.05) is 0 Å². The van der Waals surface area contributed by atoms with E-state index < -0.39 is 5.54 Å². The third-order valence-corrected chi connectivity index (χ3v) is 4.69. The van der Waals surface area contributed by atoms with Gasteiger partial charge in [0.2, 0.25) is 5.91 Å². The van der Waals surface area contributed by atoms with E-state index in [-0.39, 0.29) is 5.91 Å². The van der Waals surface area contributed by atoms with E-state index in [1.165, 1.54) is 0 Å². The summed E-state index contributed by atoms with van der Waals surface area (Å²) < 4.78 is 0. The summed E-state index contributed by atoms with van der Waals surface area (Å²) in [4.78, 5) is 28.6. The summed E-state index contributed by atoms with van der Waals surface area (Å²) in [5.41, 5.74) is 1.80. The monoisotopic (exact) mass is 303 g/mol. The highest BCUT2D eigenvalue weighted by Gasteiger charge is 2.49. The van der Waals surface area contributed by atoms with E-state index in [9.17, 15) is 4.79 Å². The fraction of sp³-hybridized carbons (Fsp3) is 0.429. The van der Waals surface area contributed by atoms with E-state index >= 15 is 0 Å². The molecule has 0 saturated carbocycles. The Labute approximate surface area is 127 Å². The third kappa shape index (κ3) is 2.43. The summed E-state index contributed by atoms with van der Waals surface area (Å²) in [7, 11) is 1.67. The number of hydrogen-bond donors (Lipinski definition) is 1. The third-order valence-electron chi connectivity index (χ3n) is 3.93. The van der Waals surface area contributed by atoms with Crippen LogP contribution in [0.25, 0.3) is 0 Å². The molecule has 6 nitrogen and oxygen atoms in total. The van der Waals surface area contributed by atoms with Crippen molar-refractivity contribution in [3.05, 3.63) is 40.9 Å². The summed E-state index contributed by atoms with van der Waals surface area (Å²) in [5, 5.41) is 2.80. The molecule has 0 spiro atoms. The normalized spacial score (nSPS) is 22.3. The van der Waals surface area contributed by atoms with E-state index in [0.29, 0.717) is 12.2 Å². The number of rotatable bonds is 4. The average molecular weight is 303 g/mol. The van der Waals surface area contributed by atoms with Gasteiger partial charge in [-0.05, 0) is 12.8 Å². The molecule has 0 bridgehead atoms. The molecule has 3 heterocycles. The topological polar surface area (TPSA) is 71.0 Å². The molecule has 110 valence electrons. The van der Waals surface area contributed by atoms with Crippen LogP contribution in [0.15, 0.2) is 30.3 Å². The number of aromatic nitrogens is 3. The SMILES string of the molecule is CNC(=O)C1(c2cnccn2)CCCN1Cc1cncs1. The van der Waals surface area contributed by atoms with Crippen molar-refractivity contribution in [1.82, 2.24) is 25.2 Å². The molecule has 1 amide bonds. The number of hydrogen-bond acceptors (Lipinski definition) is 6. The fourth-order valence-electron chi connectivity index (χ4n) is 2.98. The largest absolute Gasteiger partial charge is 0.357 e. The number of carbonyl (C=O) groups is 1. The van der Waals surface area contributed by atoms with Crippen LogP contribution < -0.4 is 5.32 Å². The molecule has 1 fully saturated rings. The van der Waals surface area contributed by atoms with Crippen molar-refractivity contribution in [1.29, 1.82) is 0 Å². The van der Waals surface area contributed by atoms with Gasteiger partial charge in [0.05, 0.1) is 17.4 Å². The van der Waals surface area contributed by atoms with Crippen molar-refractivity contribution in [2.45, 2.75) is 24.9 Å². The Morgan fingerprint density at radius 3 is 3.00 bits per heavy atom. The minimum Gasteiger partial charge on any atom is -0.357 e. The van der Waals surface area contributed by atoms with Gasteiger partial charge in [-0.3, -0.25) is 24.6 Å². The second-order valence-corrected chi connectivity index (χ2v) is 5.99. The lowest BCUT2D eigenvalue weighted by Gasteiger charge is -2.35. The Kier molecular flexibility index (Phi) is 3.94. The Bertz CT molecular complexity index is 603. The van der Waals surface area contributed by atoms with Gasteiger partial charge in [0.15, 0.2) is 0 Å². The zero-order valence-corrected chi connectivity index (χ0v) is 12.6. The maximum atomic E-state index is 12.6. The molecule has 0 aliphatic carbocycles. The van der Waals surface area contributed by atoms with Gasteiger partial charge in [0, 0.05) is 43.6 Å². The van der Waals surface area contributed by atoms with Gasteiger partial charge in [0.25, 0.3) is 0 Å². The van der Waals surface area contributed by atoms with Crippen LogP contribution in [-0.4, -0.2) is 39.4 Å². The first kappa shape index (κ1) is 14.1. The number of carbonyl (C=O) groups excluding carboxylic acids is 1. The molecule has 1 saturated heterocycles. The van der Waals surface area contributed by atoms with E-state index in [0.717, 1.165) is 24.3 Å². The molecular weight excluding hydrogens is 286 g/mol.